The van der Waals surface area contributed by atoms with Crippen molar-refractivity contribution < 1.29 is 35.9 Å². The van der Waals surface area contributed by atoms with Gasteiger partial charge >= 0.3 is 12.4 Å². The number of imidazole rings is 1. The van der Waals surface area contributed by atoms with Gasteiger partial charge in [0.2, 0.25) is 5.91 Å². The van der Waals surface area contributed by atoms with Crippen molar-refractivity contribution in [3.63, 3.8) is 0 Å². The molecule has 0 aromatic carbocycles. The zero-order valence-corrected chi connectivity index (χ0v) is 20.3. The molecule has 15 heteroatoms. The van der Waals surface area contributed by atoms with E-state index in [2.05, 4.69) is 25.8 Å². The Morgan fingerprint density at radius 3 is 2.39 bits per heavy atom. The van der Waals surface area contributed by atoms with Crippen molar-refractivity contribution in [1.82, 2.24) is 35.0 Å². The second-order valence-electron chi connectivity index (χ2n) is 9.48. The van der Waals surface area contributed by atoms with Crippen LogP contribution in [-0.2, 0) is 11.3 Å². The van der Waals surface area contributed by atoms with Crippen LogP contribution < -0.4 is 10.6 Å². The van der Waals surface area contributed by atoms with Crippen LogP contribution >= 0.6 is 0 Å². The Morgan fingerprint density at radius 1 is 1.11 bits per heavy atom. The molecule has 38 heavy (non-hydrogen) atoms. The van der Waals surface area contributed by atoms with Crippen LogP contribution in [0.2, 0.25) is 0 Å². The molecule has 1 unspecified atom stereocenters. The van der Waals surface area contributed by atoms with Gasteiger partial charge in [0, 0.05) is 18.7 Å². The van der Waals surface area contributed by atoms with Gasteiger partial charge in [0.05, 0.1) is 30.7 Å². The summed E-state index contributed by atoms with van der Waals surface area (Å²) in [6.07, 6.45) is -7.18. The molecule has 0 bridgehead atoms. The predicted molar refractivity (Wildman–Crippen MR) is 121 cm³/mol. The number of hydrogen-bond donors (Lipinski definition) is 2. The van der Waals surface area contributed by atoms with Gasteiger partial charge < -0.3 is 10.6 Å². The second-order valence-corrected chi connectivity index (χ2v) is 9.48. The highest BCUT2D eigenvalue weighted by Crippen LogP contribution is 2.43. The molecule has 0 spiro atoms. The smallest absolute Gasteiger partial charge is 0.349 e. The fourth-order valence-corrected chi connectivity index (χ4v) is 4.10. The molecule has 1 atom stereocenters. The van der Waals surface area contributed by atoms with Gasteiger partial charge in [-0.1, -0.05) is 0 Å². The highest BCUT2D eigenvalue weighted by atomic mass is 19.4. The molecule has 1 saturated carbocycles. The summed E-state index contributed by atoms with van der Waals surface area (Å²) in [6, 6.07) is 2.32. The van der Waals surface area contributed by atoms with Crippen LogP contribution in [0.5, 0.6) is 0 Å². The molecule has 1 fully saturated rings. The first kappa shape index (κ1) is 27.4. The number of nitrogens with zero attached hydrogens (tertiary/aromatic N) is 5. The summed E-state index contributed by atoms with van der Waals surface area (Å²) >= 11 is 0. The average Bonchev–Trinajstić information content (AvgIpc) is 3.37. The van der Waals surface area contributed by atoms with Crippen molar-refractivity contribution in [1.29, 1.82) is 0 Å². The lowest BCUT2D eigenvalue weighted by molar-refractivity contribution is -0.284. The molecule has 2 N–H and O–H groups in total. The number of hydrogen-bond acceptors (Lipinski definition) is 5. The topological polar surface area (TPSA) is 106 Å². The van der Waals surface area contributed by atoms with E-state index in [4.69, 9.17) is 0 Å². The lowest BCUT2D eigenvalue weighted by Crippen LogP contribution is -2.41. The van der Waals surface area contributed by atoms with Gasteiger partial charge in [-0.3, -0.25) is 14.3 Å². The number of fused-ring (bicyclic) bond motifs is 1. The van der Waals surface area contributed by atoms with Gasteiger partial charge in [0.1, 0.15) is 5.69 Å². The summed E-state index contributed by atoms with van der Waals surface area (Å²) < 4.78 is 80.3. The Hall–Kier alpha value is -3.65. The predicted octanol–water partition coefficient (Wildman–Crippen LogP) is 4.13. The van der Waals surface area contributed by atoms with Crippen LogP contribution in [0.1, 0.15) is 66.9 Å². The van der Waals surface area contributed by atoms with E-state index in [0.717, 1.165) is 0 Å². The number of carbonyl (C=O) groups is 2. The van der Waals surface area contributed by atoms with E-state index in [1.54, 1.807) is 23.0 Å². The molecule has 3 aromatic heterocycles. The Balaban J connectivity index is 1.46. The molecule has 0 saturated heterocycles. The van der Waals surface area contributed by atoms with Crippen LogP contribution in [0, 0.1) is 11.8 Å². The summed E-state index contributed by atoms with van der Waals surface area (Å²) in [7, 11) is 0. The highest BCUT2D eigenvalue weighted by molar-refractivity contribution is 5.92. The van der Waals surface area contributed by atoms with Crippen LogP contribution in [-0.4, -0.2) is 48.5 Å². The number of halogens is 6. The van der Waals surface area contributed by atoms with Gasteiger partial charge in [-0.2, -0.15) is 36.5 Å². The fourth-order valence-electron chi connectivity index (χ4n) is 4.10. The summed E-state index contributed by atoms with van der Waals surface area (Å²) in [6.45, 7) is 3.84. The van der Waals surface area contributed by atoms with Crippen LogP contribution in [0.25, 0.3) is 5.65 Å². The summed E-state index contributed by atoms with van der Waals surface area (Å²) in [5.74, 6) is -5.60. The molecule has 3 aromatic rings. The molecule has 1 aliphatic rings. The first-order valence-corrected chi connectivity index (χ1v) is 11.8. The third-order valence-corrected chi connectivity index (χ3v) is 6.16. The summed E-state index contributed by atoms with van der Waals surface area (Å²) in [5.41, 5.74) is 1.59. The lowest BCUT2D eigenvalue weighted by atomic mass is 10.0. The van der Waals surface area contributed by atoms with Crippen molar-refractivity contribution in [2.45, 2.75) is 64.1 Å². The number of alkyl halides is 6. The van der Waals surface area contributed by atoms with E-state index in [9.17, 15) is 35.9 Å². The molecule has 1 aliphatic carbocycles. The number of amides is 2. The van der Waals surface area contributed by atoms with Crippen LogP contribution in [0.4, 0.5) is 26.3 Å². The minimum absolute atomic E-state index is 0.0173. The van der Waals surface area contributed by atoms with Crippen LogP contribution in [0.3, 0.4) is 0 Å². The third-order valence-electron chi connectivity index (χ3n) is 6.16. The Kier molecular flexibility index (Phi) is 7.39. The number of rotatable bonds is 9. The average molecular weight is 545 g/mol. The quantitative estimate of drug-likeness (QED) is 0.394. The van der Waals surface area contributed by atoms with Crippen molar-refractivity contribution in [3.8, 4) is 0 Å². The first-order chi connectivity index (χ1) is 17.7. The van der Waals surface area contributed by atoms with Crippen molar-refractivity contribution >= 4 is 17.5 Å². The Bertz CT molecular complexity index is 1300. The third kappa shape index (κ3) is 6.25. The fraction of sp³-hybridized carbons (Fsp3) is 0.522. The van der Waals surface area contributed by atoms with Gasteiger partial charge in [-0.25, -0.2) is 9.50 Å². The zero-order chi connectivity index (χ0) is 27.8. The largest absolute Gasteiger partial charge is 0.400 e. The SMILES string of the molecule is CC(C)n1nccc1C(=O)NCc1cn2ncc(C(NC(=O)CC(C(F)(F)F)C(F)(F)F)C3CC3)cc2n1. The van der Waals surface area contributed by atoms with Gasteiger partial charge in [0.25, 0.3) is 5.91 Å². The number of aromatic nitrogens is 5. The summed E-state index contributed by atoms with van der Waals surface area (Å²) in [4.78, 5) is 29.2. The maximum atomic E-state index is 12.9. The minimum Gasteiger partial charge on any atom is -0.349 e. The lowest BCUT2D eigenvalue weighted by Gasteiger charge is -2.24. The van der Waals surface area contributed by atoms with E-state index in [0.29, 0.717) is 35.4 Å². The van der Waals surface area contributed by atoms with Crippen molar-refractivity contribution in [2.24, 2.45) is 11.8 Å². The van der Waals surface area contributed by atoms with Crippen molar-refractivity contribution in [2.75, 3.05) is 0 Å². The molecule has 9 nitrogen and oxygen atoms in total. The molecule has 2 amide bonds. The highest BCUT2D eigenvalue weighted by Gasteiger charge is 2.57. The zero-order valence-electron chi connectivity index (χ0n) is 20.3. The van der Waals surface area contributed by atoms with Crippen LogP contribution in [0.15, 0.2) is 30.7 Å². The molecule has 0 radical (unpaired) electrons. The maximum absolute atomic E-state index is 12.9. The van der Waals surface area contributed by atoms with E-state index >= 15 is 0 Å². The number of carbonyl (C=O) groups excluding carboxylic acids is 2. The monoisotopic (exact) mass is 545 g/mol. The minimum atomic E-state index is -5.60. The molecule has 206 valence electrons. The van der Waals surface area contributed by atoms with E-state index in [-0.39, 0.29) is 24.4 Å². The Labute approximate surface area is 212 Å². The second kappa shape index (κ2) is 10.3. The molecule has 0 aliphatic heterocycles. The molecular formula is C23H25F6N7O2. The molecule has 3 heterocycles. The van der Waals surface area contributed by atoms with Crippen molar-refractivity contribution in [3.05, 3.63) is 47.7 Å². The Morgan fingerprint density at radius 2 is 1.79 bits per heavy atom. The van der Waals surface area contributed by atoms with E-state index in [1.807, 2.05) is 13.8 Å². The maximum Gasteiger partial charge on any atom is 0.400 e. The molecule has 4 rings (SSSR count). The first-order valence-electron chi connectivity index (χ1n) is 11.8. The number of nitrogens with one attached hydrogen (secondary N) is 2. The standard InChI is InChI=1S/C23H25F6N7O2/c1-12(2)36-16(5-6-31-36)21(38)30-10-15-11-35-18(33-15)7-14(9-32-35)20(13-3-4-13)34-19(37)8-17(22(24,25)26)23(27,28)29/h5-7,9,11-13,17,20H,3-4,8,10H2,1-2H3,(H,30,38)(H,34,37). The van der Waals surface area contributed by atoms with Gasteiger partial charge in [-0.15, -0.1) is 0 Å². The van der Waals surface area contributed by atoms with E-state index in [1.165, 1.54) is 16.9 Å². The van der Waals surface area contributed by atoms with Gasteiger partial charge in [0.15, 0.2) is 11.6 Å². The normalized spacial score (nSPS) is 15.3. The van der Waals surface area contributed by atoms with E-state index < -0.39 is 36.6 Å². The summed E-state index contributed by atoms with van der Waals surface area (Å²) in [5, 5.41) is 13.4. The van der Waals surface area contributed by atoms with Gasteiger partial charge in [-0.05, 0) is 50.3 Å². The molecular weight excluding hydrogens is 520 g/mol.